The largest absolute Gasteiger partial charge is 0.330 e. The van der Waals surface area contributed by atoms with Crippen LogP contribution in [0.4, 0.5) is 0 Å². The number of hydrogen-bond donors (Lipinski definition) is 1. The molecule has 2 N–H and O–H groups in total. The van der Waals surface area contributed by atoms with Crippen LogP contribution in [0.2, 0.25) is 0 Å². The molecule has 0 amide bonds. The van der Waals surface area contributed by atoms with Crippen molar-refractivity contribution in [2.45, 2.75) is 20.3 Å². The van der Waals surface area contributed by atoms with Gasteiger partial charge >= 0.3 is 0 Å². The van der Waals surface area contributed by atoms with E-state index in [1.165, 1.54) is 0 Å². The van der Waals surface area contributed by atoms with E-state index in [0.717, 1.165) is 13.0 Å². The molecule has 0 saturated carbocycles. The second kappa shape index (κ2) is 4.67. The van der Waals surface area contributed by atoms with Crippen LogP contribution in [0, 0.1) is 17.8 Å². The normalized spacial score (nSPS) is 11.9. The van der Waals surface area contributed by atoms with Gasteiger partial charge in [-0.3, -0.25) is 0 Å². The van der Waals surface area contributed by atoms with E-state index >= 15 is 0 Å². The van der Waals surface area contributed by atoms with Gasteiger partial charge in [0.25, 0.3) is 0 Å². The van der Waals surface area contributed by atoms with E-state index in [-0.39, 0.29) is 0 Å². The topological polar surface area (TPSA) is 26.0 Å². The van der Waals surface area contributed by atoms with E-state index in [2.05, 4.69) is 18.8 Å². The van der Waals surface area contributed by atoms with Crippen LogP contribution in [0.1, 0.15) is 20.3 Å². The lowest BCUT2D eigenvalue weighted by Gasteiger charge is -1.99. The van der Waals surface area contributed by atoms with Crippen LogP contribution < -0.4 is 5.73 Å². The molecule has 46 valence electrons. The first kappa shape index (κ1) is 7.52. The Morgan fingerprint density at radius 2 is 2.25 bits per heavy atom. The Morgan fingerprint density at radius 3 is 2.62 bits per heavy atom. The molecule has 0 heterocycles. The lowest BCUT2D eigenvalue weighted by molar-refractivity contribution is 0.615. The average Bonchev–Trinajstić information content (AvgIpc) is 1.83. The van der Waals surface area contributed by atoms with E-state index in [1.54, 1.807) is 0 Å². The molecule has 0 aliphatic heterocycles. The van der Waals surface area contributed by atoms with Crippen molar-refractivity contribution < 1.29 is 0 Å². The smallest absolute Gasteiger partial charge is 0.0126 e. The summed E-state index contributed by atoms with van der Waals surface area (Å²) in [6.45, 7) is 4.70. The molecular formula is C7H13N. The summed E-state index contributed by atoms with van der Waals surface area (Å²) < 4.78 is 0. The van der Waals surface area contributed by atoms with Crippen LogP contribution in [-0.2, 0) is 0 Å². The van der Waals surface area contributed by atoms with Gasteiger partial charge in [-0.2, -0.15) is 0 Å². The zero-order valence-electron chi connectivity index (χ0n) is 5.57. The molecule has 0 aromatic carbocycles. The third-order valence-corrected chi connectivity index (χ3v) is 1.03. The lowest BCUT2D eigenvalue weighted by Crippen LogP contribution is -2.09. The van der Waals surface area contributed by atoms with E-state index in [0.29, 0.717) is 5.92 Å². The molecule has 8 heavy (non-hydrogen) atoms. The first-order chi connectivity index (χ1) is 3.81. The van der Waals surface area contributed by atoms with Crippen molar-refractivity contribution in [3.8, 4) is 11.8 Å². The highest BCUT2D eigenvalue weighted by Gasteiger charge is 1.91. The van der Waals surface area contributed by atoms with Crippen LogP contribution in [0.5, 0.6) is 0 Å². The maximum atomic E-state index is 5.35. The van der Waals surface area contributed by atoms with E-state index in [9.17, 15) is 0 Å². The van der Waals surface area contributed by atoms with Crippen molar-refractivity contribution in [1.29, 1.82) is 0 Å². The highest BCUT2D eigenvalue weighted by Crippen LogP contribution is 1.94. The number of hydrogen-bond acceptors (Lipinski definition) is 1. The average molecular weight is 111 g/mol. The second-order valence-electron chi connectivity index (χ2n) is 1.97. The zero-order chi connectivity index (χ0) is 6.41. The first-order valence-corrected chi connectivity index (χ1v) is 2.91. The summed E-state index contributed by atoms with van der Waals surface area (Å²) in [6.07, 6.45) is 0.938. The van der Waals surface area contributed by atoms with Crippen LogP contribution in [0.15, 0.2) is 0 Å². The van der Waals surface area contributed by atoms with Gasteiger partial charge in [0.2, 0.25) is 0 Å². The van der Waals surface area contributed by atoms with Gasteiger partial charge < -0.3 is 5.73 Å². The summed E-state index contributed by atoms with van der Waals surface area (Å²) in [5.74, 6) is 6.35. The van der Waals surface area contributed by atoms with Gasteiger partial charge in [0, 0.05) is 6.42 Å². The Bertz CT molecular complexity index is 96.7. The molecule has 0 radical (unpaired) electrons. The Balaban J connectivity index is 3.19. The highest BCUT2D eigenvalue weighted by atomic mass is 14.5. The first-order valence-electron chi connectivity index (χ1n) is 2.91. The summed E-state index contributed by atoms with van der Waals surface area (Å²) >= 11 is 0. The fraction of sp³-hybridized carbons (Fsp3) is 0.714. The molecule has 1 unspecified atom stereocenters. The van der Waals surface area contributed by atoms with E-state index in [4.69, 9.17) is 5.73 Å². The molecule has 0 spiro atoms. The Hall–Kier alpha value is -0.480. The SMILES string of the molecule is CC#CCC(C)CN. The van der Waals surface area contributed by atoms with Gasteiger partial charge in [-0.15, -0.1) is 11.8 Å². The van der Waals surface area contributed by atoms with Gasteiger partial charge in [-0.25, -0.2) is 0 Å². The standard InChI is InChI=1S/C7H13N/c1-3-4-5-7(2)6-8/h7H,5-6,8H2,1-2H3. The van der Waals surface area contributed by atoms with Crippen molar-refractivity contribution >= 4 is 0 Å². The van der Waals surface area contributed by atoms with E-state index < -0.39 is 0 Å². The lowest BCUT2D eigenvalue weighted by atomic mass is 10.1. The van der Waals surface area contributed by atoms with Crippen molar-refractivity contribution in [3.05, 3.63) is 0 Å². The summed E-state index contributed by atoms with van der Waals surface area (Å²) in [4.78, 5) is 0. The van der Waals surface area contributed by atoms with Gasteiger partial charge in [0.15, 0.2) is 0 Å². The predicted molar refractivity (Wildman–Crippen MR) is 36.3 cm³/mol. The summed E-state index contributed by atoms with van der Waals surface area (Å²) in [6, 6.07) is 0. The van der Waals surface area contributed by atoms with Crippen molar-refractivity contribution in [3.63, 3.8) is 0 Å². The van der Waals surface area contributed by atoms with Crippen molar-refractivity contribution in [1.82, 2.24) is 0 Å². The number of nitrogens with two attached hydrogens (primary N) is 1. The highest BCUT2D eigenvalue weighted by molar-refractivity contribution is 4.95. The number of rotatable bonds is 2. The molecular weight excluding hydrogens is 98.1 g/mol. The Kier molecular flexibility index (Phi) is 4.39. The molecule has 0 rings (SSSR count). The second-order valence-corrected chi connectivity index (χ2v) is 1.97. The van der Waals surface area contributed by atoms with E-state index in [1.807, 2.05) is 6.92 Å². The maximum absolute atomic E-state index is 5.35. The molecule has 1 nitrogen and oxygen atoms in total. The van der Waals surface area contributed by atoms with Crippen LogP contribution in [0.25, 0.3) is 0 Å². The summed E-state index contributed by atoms with van der Waals surface area (Å²) in [5.41, 5.74) is 5.35. The molecule has 1 atom stereocenters. The minimum absolute atomic E-state index is 0.558. The molecule has 0 aromatic rings. The van der Waals surface area contributed by atoms with Crippen LogP contribution >= 0.6 is 0 Å². The van der Waals surface area contributed by atoms with Gasteiger partial charge in [0.1, 0.15) is 0 Å². The van der Waals surface area contributed by atoms with Gasteiger partial charge in [0.05, 0.1) is 0 Å². The predicted octanol–water partition coefficient (Wildman–Crippen LogP) is 0.995. The summed E-state index contributed by atoms with van der Waals surface area (Å²) in [7, 11) is 0. The molecule has 0 aliphatic carbocycles. The van der Waals surface area contributed by atoms with Gasteiger partial charge in [-0.05, 0) is 19.4 Å². The zero-order valence-corrected chi connectivity index (χ0v) is 5.57. The van der Waals surface area contributed by atoms with Crippen molar-refractivity contribution in [2.75, 3.05) is 6.54 Å². The third kappa shape index (κ3) is 3.70. The Morgan fingerprint density at radius 1 is 1.62 bits per heavy atom. The molecule has 0 fully saturated rings. The fourth-order valence-corrected chi connectivity index (χ4v) is 0.360. The van der Waals surface area contributed by atoms with Gasteiger partial charge in [-0.1, -0.05) is 6.92 Å². The third-order valence-electron chi connectivity index (χ3n) is 1.03. The van der Waals surface area contributed by atoms with Crippen LogP contribution in [0.3, 0.4) is 0 Å². The summed E-state index contributed by atoms with van der Waals surface area (Å²) in [5, 5.41) is 0. The monoisotopic (exact) mass is 111 g/mol. The minimum atomic E-state index is 0.558. The molecule has 1 heteroatoms. The molecule has 0 saturated heterocycles. The Labute approximate surface area is 51.3 Å². The van der Waals surface area contributed by atoms with Crippen molar-refractivity contribution in [2.24, 2.45) is 11.7 Å². The van der Waals surface area contributed by atoms with Crippen LogP contribution in [-0.4, -0.2) is 6.54 Å². The molecule has 0 aliphatic rings. The quantitative estimate of drug-likeness (QED) is 0.528. The minimum Gasteiger partial charge on any atom is -0.330 e. The fourth-order valence-electron chi connectivity index (χ4n) is 0.360. The molecule has 0 aromatic heterocycles. The maximum Gasteiger partial charge on any atom is 0.0126 e. The molecule has 0 bridgehead atoms.